The van der Waals surface area contributed by atoms with E-state index in [-0.39, 0.29) is 5.75 Å². The Morgan fingerprint density at radius 2 is 2.08 bits per heavy atom. The molecule has 1 atom stereocenters. The number of alkyl halides is 3. The zero-order valence-corrected chi connectivity index (χ0v) is 14.2. The summed E-state index contributed by atoms with van der Waals surface area (Å²) in [6.07, 6.45) is -0.00634. The largest absolute Gasteiger partial charge is 0.438 e. The lowest BCUT2D eigenvalue weighted by Crippen LogP contribution is -2.08. The van der Waals surface area contributed by atoms with Crippen molar-refractivity contribution in [2.24, 2.45) is 5.92 Å². The molecule has 0 bridgehead atoms. The highest BCUT2D eigenvalue weighted by Gasteiger charge is 2.31. The predicted molar refractivity (Wildman–Crippen MR) is 90.1 cm³/mol. The molecule has 0 saturated heterocycles. The molecule has 0 aliphatic heterocycles. The molecule has 0 fully saturated rings. The molecule has 130 valence electrons. The Balaban J connectivity index is 1.75. The number of halogens is 3. The van der Waals surface area contributed by atoms with Crippen LogP contribution in [0.2, 0.25) is 0 Å². The lowest BCUT2D eigenvalue weighted by molar-refractivity contribution is -0.137. The molecule has 0 radical (unpaired) electrons. The van der Waals surface area contributed by atoms with Gasteiger partial charge in [0.25, 0.3) is 0 Å². The third kappa shape index (κ3) is 3.08. The predicted octanol–water partition coefficient (Wildman–Crippen LogP) is 5.63. The molecule has 1 aromatic carbocycles. The van der Waals surface area contributed by atoms with Crippen LogP contribution in [0.5, 0.6) is 11.6 Å². The summed E-state index contributed by atoms with van der Waals surface area (Å²) in [6.45, 7) is 2.22. The maximum Gasteiger partial charge on any atom is 0.416 e. The summed E-state index contributed by atoms with van der Waals surface area (Å²) < 4.78 is 44.4. The molecule has 1 aliphatic carbocycles. The van der Waals surface area contributed by atoms with Crippen LogP contribution in [-0.4, -0.2) is 9.97 Å². The van der Waals surface area contributed by atoms with Crippen molar-refractivity contribution in [3.8, 4) is 11.6 Å². The zero-order valence-electron chi connectivity index (χ0n) is 13.4. The normalized spacial score (nSPS) is 17.5. The molecule has 3 nitrogen and oxygen atoms in total. The van der Waals surface area contributed by atoms with Crippen LogP contribution in [0.25, 0.3) is 10.2 Å². The summed E-state index contributed by atoms with van der Waals surface area (Å²) in [5.41, 5.74) is 0.442. The van der Waals surface area contributed by atoms with Crippen molar-refractivity contribution in [3.05, 3.63) is 46.6 Å². The van der Waals surface area contributed by atoms with E-state index in [4.69, 9.17) is 4.74 Å². The fraction of sp³-hybridized carbons (Fsp3) is 0.333. The van der Waals surface area contributed by atoms with Gasteiger partial charge in [-0.3, -0.25) is 0 Å². The van der Waals surface area contributed by atoms with Gasteiger partial charge in [0.05, 0.1) is 10.9 Å². The first-order chi connectivity index (χ1) is 11.9. The van der Waals surface area contributed by atoms with Crippen molar-refractivity contribution in [2.45, 2.75) is 32.4 Å². The topological polar surface area (TPSA) is 35.0 Å². The van der Waals surface area contributed by atoms with Gasteiger partial charge in [-0.1, -0.05) is 13.0 Å². The third-order valence-electron chi connectivity index (χ3n) is 4.43. The number of aromatic nitrogens is 2. The quantitative estimate of drug-likeness (QED) is 0.591. The molecule has 7 heteroatoms. The molecule has 0 saturated carbocycles. The van der Waals surface area contributed by atoms with E-state index in [1.54, 1.807) is 11.3 Å². The Labute approximate surface area is 146 Å². The molecular formula is C18H15F3N2OS. The van der Waals surface area contributed by atoms with Crippen molar-refractivity contribution in [3.63, 3.8) is 0 Å². The average Bonchev–Trinajstić information content (AvgIpc) is 2.92. The minimum absolute atomic E-state index is 0.124. The second-order valence-electron chi connectivity index (χ2n) is 6.34. The highest BCUT2D eigenvalue weighted by Crippen LogP contribution is 2.41. The molecule has 2 heterocycles. The summed E-state index contributed by atoms with van der Waals surface area (Å²) in [5, 5.41) is 0.840. The van der Waals surface area contributed by atoms with Gasteiger partial charge in [-0.25, -0.2) is 9.97 Å². The number of benzene rings is 1. The molecule has 0 N–H and O–H groups in total. The molecule has 2 aromatic heterocycles. The SMILES string of the molecule is C[C@H]1CCc2c(sc3ncnc(Oc4cccc(C(F)(F)F)c4)c23)C1. The van der Waals surface area contributed by atoms with E-state index in [0.717, 1.165) is 41.6 Å². The Morgan fingerprint density at radius 3 is 2.88 bits per heavy atom. The summed E-state index contributed by atoms with van der Waals surface area (Å²) in [4.78, 5) is 10.6. The van der Waals surface area contributed by atoms with E-state index < -0.39 is 11.7 Å². The number of fused-ring (bicyclic) bond motifs is 3. The smallest absolute Gasteiger partial charge is 0.416 e. The van der Waals surface area contributed by atoms with Gasteiger partial charge in [-0.15, -0.1) is 11.3 Å². The highest BCUT2D eigenvalue weighted by atomic mass is 32.1. The van der Waals surface area contributed by atoms with E-state index in [0.29, 0.717) is 11.8 Å². The highest BCUT2D eigenvalue weighted by molar-refractivity contribution is 7.18. The standard InChI is InChI=1S/C18H15F3N2OS/c1-10-5-6-13-14(7-10)25-17-15(13)16(22-9-23-17)24-12-4-2-3-11(8-12)18(19,20)21/h2-4,8-10H,5-7H2,1H3/t10-/m0/s1. The molecule has 1 aliphatic rings. The fourth-order valence-corrected chi connectivity index (χ4v) is 4.51. The molecule has 0 unspecified atom stereocenters. The Kier molecular flexibility index (Phi) is 3.91. The van der Waals surface area contributed by atoms with Gasteiger partial charge >= 0.3 is 6.18 Å². The van der Waals surface area contributed by atoms with Gasteiger partial charge in [0.15, 0.2) is 0 Å². The number of nitrogens with zero attached hydrogens (tertiary/aromatic N) is 2. The van der Waals surface area contributed by atoms with Gasteiger partial charge in [-0.05, 0) is 48.9 Å². The number of aryl methyl sites for hydroxylation is 1. The molecule has 0 spiro atoms. The number of ether oxygens (including phenoxy) is 1. The van der Waals surface area contributed by atoms with E-state index in [2.05, 4.69) is 16.9 Å². The summed E-state index contributed by atoms with van der Waals surface area (Å²) in [5.74, 6) is 1.08. The molecule has 0 amide bonds. The molecule has 25 heavy (non-hydrogen) atoms. The Morgan fingerprint density at radius 1 is 1.24 bits per heavy atom. The second kappa shape index (κ2) is 5.98. The number of hydrogen-bond donors (Lipinski definition) is 0. The second-order valence-corrected chi connectivity index (χ2v) is 7.42. The summed E-state index contributed by atoms with van der Waals surface area (Å²) in [6, 6.07) is 4.86. The number of thiophene rings is 1. The van der Waals surface area contributed by atoms with Crippen LogP contribution >= 0.6 is 11.3 Å². The van der Waals surface area contributed by atoms with Gasteiger partial charge in [-0.2, -0.15) is 13.2 Å². The van der Waals surface area contributed by atoms with Crippen molar-refractivity contribution in [1.29, 1.82) is 0 Å². The minimum Gasteiger partial charge on any atom is -0.438 e. The van der Waals surface area contributed by atoms with Crippen LogP contribution in [0.4, 0.5) is 13.2 Å². The summed E-state index contributed by atoms with van der Waals surface area (Å²) in [7, 11) is 0. The summed E-state index contributed by atoms with van der Waals surface area (Å²) >= 11 is 1.62. The third-order valence-corrected chi connectivity index (χ3v) is 5.60. The first kappa shape index (κ1) is 16.3. The van der Waals surface area contributed by atoms with Crippen molar-refractivity contribution in [1.82, 2.24) is 9.97 Å². The van der Waals surface area contributed by atoms with Crippen LogP contribution in [0.1, 0.15) is 29.3 Å². The minimum atomic E-state index is -4.40. The van der Waals surface area contributed by atoms with Crippen LogP contribution in [0.3, 0.4) is 0 Å². The first-order valence-corrected chi connectivity index (χ1v) is 8.84. The van der Waals surface area contributed by atoms with Crippen LogP contribution in [0.15, 0.2) is 30.6 Å². The fourth-order valence-electron chi connectivity index (χ4n) is 3.17. The lowest BCUT2D eigenvalue weighted by atomic mass is 9.89. The van der Waals surface area contributed by atoms with Crippen LogP contribution in [0, 0.1) is 5.92 Å². The van der Waals surface area contributed by atoms with Crippen LogP contribution < -0.4 is 4.74 Å². The van der Waals surface area contributed by atoms with Gasteiger partial charge in [0.1, 0.15) is 16.9 Å². The average molecular weight is 364 g/mol. The van der Waals surface area contributed by atoms with Crippen molar-refractivity contribution < 1.29 is 17.9 Å². The van der Waals surface area contributed by atoms with Crippen molar-refractivity contribution in [2.75, 3.05) is 0 Å². The molecule has 4 rings (SSSR count). The van der Waals surface area contributed by atoms with Gasteiger partial charge in [0.2, 0.25) is 5.88 Å². The Bertz CT molecular complexity index is 936. The molecular weight excluding hydrogens is 349 g/mol. The Hall–Kier alpha value is -2.15. The van der Waals surface area contributed by atoms with E-state index >= 15 is 0 Å². The lowest BCUT2D eigenvalue weighted by Gasteiger charge is -2.18. The van der Waals surface area contributed by atoms with Crippen molar-refractivity contribution >= 4 is 21.6 Å². The van der Waals surface area contributed by atoms with Gasteiger partial charge in [0, 0.05) is 4.88 Å². The first-order valence-electron chi connectivity index (χ1n) is 8.02. The van der Waals surface area contributed by atoms with E-state index in [1.165, 1.54) is 28.9 Å². The maximum absolute atomic E-state index is 12.9. The maximum atomic E-state index is 12.9. The monoisotopic (exact) mass is 364 g/mol. The molecule has 3 aromatic rings. The number of rotatable bonds is 2. The van der Waals surface area contributed by atoms with Gasteiger partial charge < -0.3 is 4.74 Å². The van der Waals surface area contributed by atoms with E-state index in [9.17, 15) is 13.2 Å². The van der Waals surface area contributed by atoms with Crippen LogP contribution in [-0.2, 0) is 19.0 Å². The van der Waals surface area contributed by atoms with E-state index in [1.807, 2.05) is 0 Å². The zero-order chi connectivity index (χ0) is 17.6. The number of hydrogen-bond acceptors (Lipinski definition) is 4.